The van der Waals surface area contributed by atoms with Gasteiger partial charge >= 0.3 is 5.97 Å². The van der Waals surface area contributed by atoms with Crippen molar-refractivity contribution >= 4 is 33.5 Å². The van der Waals surface area contributed by atoms with Crippen LogP contribution in [0.15, 0.2) is 34.8 Å². The van der Waals surface area contributed by atoms with Crippen molar-refractivity contribution in [2.24, 2.45) is 0 Å². The van der Waals surface area contributed by atoms with Crippen molar-refractivity contribution in [1.29, 1.82) is 0 Å². The molecule has 1 amide bonds. The third-order valence-electron chi connectivity index (χ3n) is 2.89. The molecule has 120 valence electrons. The Hall–Kier alpha value is -2.35. The van der Waals surface area contributed by atoms with Gasteiger partial charge in [0, 0.05) is 10.5 Å². The summed E-state index contributed by atoms with van der Waals surface area (Å²) >= 11 is 3.01. The zero-order valence-electron chi connectivity index (χ0n) is 11.6. The molecule has 0 spiro atoms. The summed E-state index contributed by atoms with van der Waals surface area (Å²) in [4.78, 5) is 23.5. The highest BCUT2D eigenvalue weighted by Gasteiger charge is 2.19. The average molecular weight is 388 g/mol. The van der Waals surface area contributed by atoms with E-state index in [0.717, 1.165) is 25.3 Å². The third kappa shape index (κ3) is 3.70. The van der Waals surface area contributed by atoms with Crippen LogP contribution in [0.2, 0.25) is 0 Å². The molecule has 2 aromatic rings. The zero-order chi connectivity index (χ0) is 17.1. The summed E-state index contributed by atoms with van der Waals surface area (Å²) in [5, 5.41) is 2.19. The van der Waals surface area contributed by atoms with E-state index in [2.05, 4.69) is 26.0 Å². The lowest BCUT2D eigenvalue weighted by atomic mass is 10.1. The molecule has 0 heterocycles. The Morgan fingerprint density at radius 3 is 2.35 bits per heavy atom. The number of methoxy groups -OCH3 is 1. The second-order valence-electron chi connectivity index (χ2n) is 4.38. The van der Waals surface area contributed by atoms with Gasteiger partial charge in [-0.3, -0.25) is 4.79 Å². The number of anilines is 1. The highest BCUT2D eigenvalue weighted by atomic mass is 79.9. The topological polar surface area (TPSA) is 55.4 Å². The first-order valence-corrected chi connectivity index (χ1v) is 6.96. The predicted octanol–water partition coefficient (Wildman–Crippen LogP) is 3.91. The second kappa shape index (κ2) is 6.82. The van der Waals surface area contributed by atoms with Crippen LogP contribution in [0, 0.1) is 17.5 Å². The summed E-state index contributed by atoms with van der Waals surface area (Å²) in [6.45, 7) is 0. The minimum Gasteiger partial charge on any atom is -0.465 e. The Morgan fingerprint density at radius 2 is 1.74 bits per heavy atom. The van der Waals surface area contributed by atoms with Gasteiger partial charge in [0.15, 0.2) is 0 Å². The van der Waals surface area contributed by atoms with Crippen molar-refractivity contribution in [3.8, 4) is 0 Å². The highest BCUT2D eigenvalue weighted by molar-refractivity contribution is 9.10. The van der Waals surface area contributed by atoms with E-state index >= 15 is 0 Å². The average Bonchev–Trinajstić information content (AvgIpc) is 2.49. The Morgan fingerprint density at radius 1 is 1.04 bits per heavy atom. The molecular weight excluding hydrogens is 379 g/mol. The van der Waals surface area contributed by atoms with Gasteiger partial charge in [-0.25, -0.2) is 18.0 Å². The molecule has 2 aromatic carbocycles. The number of carbonyl (C=O) groups excluding carboxylic acids is 2. The summed E-state index contributed by atoms with van der Waals surface area (Å²) in [6.07, 6.45) is 0. The Kier molecular flexibility index (Phi) is 5.05. The van der Waals surface area contributed by atoms with Crippen LogP contribution in [0.4, 0.5) is 18.9 Å². The quantitative estimate of drug-likeness (QED) is 0.812. The van der Waals surface area contributed by atoms with E-state index in [4.69, 9.17) is 0 Å². The zero-order valence-corrected chi connectivity index (χ0v) is 13.2. The molecule has 0 aliphatic carbocycles. The first kappa shape index (κ1) is 17.0. The van der Waals surface area contributed by atoms with Crippen molar-refractivity contribution in [1.82, 2.24) is 0 Å². The molecule has 0 aliphatic heterocycles. The monoisotopic (exact) mass is 387 g/mol. The maximum absolute atomic E-state index is 13.8. The molecular formula is C15H9BrF3NO3. The molecule has 0 aliphatic rings. The van der Waals surface area contributed by atoms with Crippen LogP contribution >= 0.6 is 15.9 Å². The molecule has 0 aromatic heterocycles. The van der Waals surface area contributed by atoms with E-state index in [9.17, 15) is 22.8 Å². The van der Waals surface area contributed by atoms with Crippen LogP contribution in [0.3, 0.4) is 0 Å². The number of esters is 1. The molecule has 1 N–H and O–H groups in total. The van der Waals surface area contributed by atoms with Crippen LogP contribution in [0.25, 0.3) is 0 Å². The molecule has 23 heavy (non-hydrogen) atoms. The van der Waals surface area contributed by atoms with E-state index in [0.29, 0.717) is 6.07 Å². The van der Waals surface area contributed by atoms with Gasteiger partial charge in [0.25, 0.3) is 5.91 Å². The summed E-state index contributed by atoms with van der Waals surface area (Å²) in [7, 11) is 1.04. The van der Waals surface area contributed by atoms with Gasteiger partial charge in [0.1, 0.15) is 17.5 Å². The number of benzene rings is 2. The standard InChI is InChI=1S/C15H9BrF3NO3/c1-23-15(22)9-5-13(12(19)6-11(9)18)20-14(21)8-3-2-7(17)4-10(8)16/h2-6H,1H3,(H,20,21). The fourth-order valence-corrected chi connectivity index (χ4v) is 2.31. The fourth-order valence-electron chi connectivity index (χ4n) is 1.77. The molecule has 0 fully saturated rings. The van der Waals surface area contributed by atoms with Gasteiger partial charge in [0.2, 0.25) is 0 Å². The van der Waals surface area contributed by atoms with Gasteiger partial charge in [-0.15, -0.1) is 0 Å². The third-order valence-corrected chi connectivity index (χ3v) is 3.54. The van der Waals surface area contributed by atoms with Crippen molar-refractivity contribution in [3.05, 3.63) is 63.4 Å². The molecule has 0 radical (unpaired) electrons. The minimum absolute atomic E-state index is 0.0368. The van der Waals surface area contributed by atoms with Crippen molar-refractivity contribution < 1.29 is 27.5 Å². The van der Waals surface area contributed by atoms with Crippen LogP contribution in [0.5, 0.6) is 0 Å². The Bertz CT molecular complexity index is 796. The minimum atomic E-state index is -1.12. The number of hydrogen-bond donors (Lipinski definition) is 1. The molecule has 0 saturated heterocycles. The summed E-state index contributed by atoms with van der Waals surface area (Å²) < 4.78 is 44.8. The van der Waals surface area contributed by atoms with Crippen LogP contribution in [0.1, 0.15) is 20.7 Å². The van der Waals surface area contributed by atoms with Crippen molar-refractivity contribution in [3.63, 3.8) is 0 Å². The number of nitrogens with one attached hydrogen (secondary N) is 1. The second-order valence-corrected chi connectivity index (χ2v) is 5.24. The predicted molar refractivity (Wildman–Crippen MR) is 79.8 cm³/mol. The van der Waals surface area contributed by atoms with E-state index in [1.807, 2.05) is 0 Å². The molecule has 0 atom stereocenters. The molecule has 0 bridgehead atoms. The van der Waals surface area contributed by atoms with E-state index in [1.165, 1.54) is 6.07 Å². The molecule has 8 heteroatoms. The van der Waals surface area contributed by atoms with Crippen LogP contribution in [-0.4, -0.2) is 19.0 Å². The van der Waals surface area contributed by atoms with Gasteiger partial charge in [-0.2, -0.15) is 0 Å². The molecule has 4 nitrogen and oxygen atoms in total. The SMILES string of the molecule is COC(=O)c1cc(NC(=O)c2ccc(F)cc2Br)c(F)cc1F. The first-order chi connectivity index (χ1) is 10.8. The fraction of sp³-hybridized carbons (Fsp3) is 0.0667. The smallest absolute Gasteiger partial charge is 0.340 e. The largest absolute Gasteiger partial charge is 0.465 e. The summed E-state index contributed by atoms with van der Waals surface area (Å²) in [5.74, 6) is -4.52. The maximum atomic E-state index is 13.8. The van der Waals surface area contributed by atoms with Crippen molar-refractivity contribution in [2.75, 3.05) is 12.4 Å². The number of hydrogen-bond acceptors (Lipinski definition) is 3. The normalized spacial score (nSPS) is 10.3. The lowest BCUT2D eigenvalue weighted by Gasteiger charge is -2.10. The lowest BCUT2D eigenvalue weighted by Crippen LogP contribution is -2.15. The van der Waals surface area contributed by atoms with Gasteiger partial charge in [-0.1, -0.05) is 0 Å². The van der Waals surface area contributed by atoms with Gasteiger partial charge < -0.3 is 10.1 Å². The van der Waals surface area contributed by atoms with Crippen LogP contribution < -0.4 is 5.32 Å². The number of carbonyl (C=O) groups is 2. The van der Waals surface area contributed by atoms with Gasteiger partial charge in [0.05, 0.1) is 23.9 Å². The maximum Gasteiger partial charge on any atom is 0.340 e. The molecule has 2 rings (SSSR count). The number of halogens is 4. The van der Waals surface area contributed by atoms with Crippen LogP contribution in [-0.2, 0) is 4.74 Å². The van der Waals surface area contributed by atoms with Crippen molar-refractivity contribution in [2.45, 2.75) is 0 Å². The van der Waals surface area contributed by atoms with E-state index in [-0.39, 0.29) is 10.0 Å². The Balaban J connectivity index is 2.35. The highest BCUT2D eigenvalue weighted by Crippen LogP contribution is 2.23. The number of rotatable bonds is 3. The van der Waals surface area contributed by atoms with E-state index < -0.39 is 40.6 Å². The van der Waals surface area contributed by atoms with E-state index in [1.54, 1.807) is 0 Å². The summed E-state index contributed by atoms with van der Waals surface area (Å²) in [6, 6.07) is 4.60. The summed E-state index contributed by atoms with van der Waals surface area (Å²) in [5.41, 5.74) is -0.898. The lowest BCUT2D eigenvalue weighted by molar-refractivity contribution is 0.0595. The first-order valence-electron chi connectivity index (χ1n) is 6.17. The number of ether oxygens (including phenoxy) is 1. The Labute approximate surface area is 137 Å². The number of amides is 1. The molecule has 0 unspecified atom stereocenters. The van der Waals surface area contributed by atoms with Gasteiger partial charge in [-0.05, 0) is 40.2 Å². The molecule has 0 saturated carbocycles.